The molecule has 2 fully saturated rings. The number of hydrogen-bond acceptors (Lipinski definition) is 2. The highest BCUT2D eigenvalue weighted by Gasteiger charge is 2.50. The van der Waals surface area contributed by atoms with Crippen LogP contribution in [0.5, 0.6) is 0 Å². The Morgan fingerprint density at radius 1 is 1.12 bits per heavy atom. The van der Waals surface area contributed by atoms with Gasteiger partial charge in [-0.25, -0.2) is 0 Å². The van der Waals surface area contributed by atoms with Crippen LogP contribution in [0.15, 0.2) is 0 Å². The van der Waals surface area contributed by atoms with Crippen LogP contribution in [0.2, 0.25) is 18.1 Å². The number of hydrogen-bond donors (Lipinski definition) is 1. The molecule has 0 radical (unpaired) electrons. The molecule has 2 aliphatic carbocycles. The van der Waals surface area contributed by atoms with Crippen molar-refractivity contribution in [3.05, 3.63) is 0 Å². The summed E-state index contributed by atoms with van der Waals surface area (Å²) in [7, 11) is -1.64. The summed E-state index contributed by atoms with van der Waals surface area (Å²) in [5.41, 5.74) is 0. The minimum absolute atomic E-state index is 0.0893. The molecule has 3 heteroatoms. The molecule has 0 spiro atoms. The zero-order chi connectivity index (χ0) is 12.1. The number of rotatable bonds is 2. The predicted octanol–water partition coefficient (Wildman–Crippen LogP) is 3.17. The first-order valence-electron chi connectivity index (χ1n) is 6.56. The van der Waals surface area contributed by atoms with Gasteiger partial charge in [0, 0.05) is 6.10 Å². The fourth-order valence-corrected chi connectivity index (χ4v) is 3.96. The topological polar surface area (TPSA) is 29.5 Å². The predicted molar refractivity (Wildman–Crippen MR) is 68.9 cm³/mol. The highest BCUT2D eigenvalue weighted by molar-refractivity contribution is 6.74. The van der Waals surface area contributed by atoms with Crippen LogP contribution < -0.4 is 0 Å². The van der Waals surface area contributed by atoms with E-state index in [0.717, 1.165) is 12.3 Å². The van der Waals surface area contributed by atoms with Gasteiger partial charge < -0.3 is 9.53 Å². The Kier molecular flexibility index (Phi) is 3.01. The van der Waals surface area contributed by atoms with Gasteiger partial charge in [0.25, 0.3) is 0 Å². The average molecular weight is 242 g/mol. The lowest BCUT2D eigenvalue weighted by Gasteiger charge is -2.40. The van der Waals surface area contributed by atoms with Crippen molar-refractivity contribution in [3.8, 4) is 0 Å². The highest BCUT2D eigenvalue weighted by atomic mass is 28.4. The van der Waals surface area contributed by atoms with Crippen molar-refractivity contribution in [2.45, 2.75) is 70.4 Å². The van der Waals surface area contributed by atoms with E-state index in [2.05, 4.69) is 33.9 Å². The first-order chi connectivity index (χ1) is 7.21. The quantitative estimate of drug-likeness (QED) is 0.754. The molecule has 0 aliphatic heterocycles. The minimum Gasteiger partial charge on any atom is -0.414 e. The van der Waals surface area contributed by atoms with Crippen LogP contribution in [0.4, 0.5) is 0 Å². The van der Waals surface area contributed by atoms with Gasteiger partial charge in [0.15, 0.2) is 8.32 Å². The molecule has 2 aliphatic rings. The molecule has 0 amide bonds. The van der Waals surface area contributed by atoms with Crippen molar-refractivity contribution in [1.29, 1.82) is 0 Å². The third-order valence-corrected chi connectivity index (χ3v) is 9.34. The van der Waals surface area contributed by atoms with Gasteiger partial charge >= 0.3 is 0 Å². The lowest BCUT2D eigenvalue weighted by molar-refractivity contribution is 0.0387. The second kappa shape index (κ2) is 3.82. The van der Waals surface area contributed by atoms with E-state index in [9.17, 15) is 5.11 Å². The minimum atomic E-state index is -1.64. The van der Waals surface area contributed by atoms with Crippen LogP contribution in [0.1, 0.15) is 40.0 Å². The fourth-order valence-electron chi connectivity index (χ4n) is 2.58. The molecule has 0 heterocycles. The Labute approximate surface area is 101 Å². The molecular formula is C13H26O2Si. The van der Waals surface area contributed by atoms with Crippen LogP contribution in [0, 0.1) is 11.8 Å². The zero-order valence-electron chi connectivity index (χ0n) is 11.3. The molecule has 0 aromatic rings. The second-order valence-corrected chi connectivity index (χ2v) is 12.0. The number of aliphatic hydroxyl groups excluding tert-OH is 1. The molecule has 94 valence electrons. The van der Waals surface area contributed by atoms with E-state index in [1.54, 1.807) is 0 Å². The second-order valence-electron chi connectivity index (χ2n) is 7.20. The third kappa shape index (κ3) is 2.36. The maximum atomic E-state index is 9.92. The Bertz CT molecular complexity index is 270. The van der Waals surface area contributed by atoms with Crippen LogP contribution in [0.25, 0.3) is 0 Å². The van der Waals surface area contributed by atoms with E-state index in [0.29, 0.717) is 12.0 Å². The summed E-state index contributed by atoms with van der Waals surface area (Å²) in [6, 6.07) is 0. The summed E-state index contributed by atoms with van der Waals surface area (Å²) in [6.07, 6.45) is 3.52. The Hall–Kier alpha value is 0.137. The van der Waals surface area contributed by atoms with Crippen molar-refractivity contribution < 1.29 is 9.53 Å². The standard InChI is InChI=1S/C13H26O2Si/c1-13(2,3)16(4,5)15-10-6-9-7-11(9)12(14)8-10/h9-12,14H,6-8H2,1-5H3/t9-,10?,11+,12-/m0/s1. The summed E-state index contributed by atoms with van der Waals surface area (Å²) >= 11 is 0. The van der Waals surface area contributed by atoms with Crippen LogP contribution in [-0.2, 0) is 4.43 Å². The zero-order valence-corrected chi connectivity index (χ0v) is 12.3. The molecule has 2 saturated carbocycles. The summed E-state index contributed by atoms with van der Waals surface area (Å²) in [5.74, 6) is 1.37. The first-order valence-corrected chi connectivity index (χ1v) is 9.47. The molecule has 0 aromatic heterocycles. The van der Waals surface area contributed by atoms with E-state index in [4.69, 9.17) is 4.43 Å². The van der Waals surface area contributed by atoms with Gasteiger partial charge in [-0.3, -0.25) is 0 Å². The monoisotopic (exact) mass is 242 g/mol. The summed E-state index contributed by atoms with van der Waals surface area (Å²) < 4.78 is 6.39. The smallest absolute Gasteiger partial charge is 0.192 e. The average Bonchev–Trinajstić information content (AvgIpc) is 2.80. The summed E-state index contributed by atoms with van der Waals surface area (Å²) in [6.45, 7) is 11.4. The van der Waals surface area contributed by atoms with Crippen LogP contribution in [-0.4, -0.2) is 25.6 Å². The molecule has 1 unspecified atom stereocenters. The van der Waals surface area contributed by atoms with Gasteiger partial charge in [0.05, 0.1) is 6.10 Å². The Morgan fingerprint density at radius 3 is 2.25 bits per heavy atom. The van der Waals surface area contributed by atoms with Crippen molar-refractivity contribution in [1.82, 2.24) is 0 Å². The van der Waals surface area contributed by atoms with E-state index in [1.807, 2.05) is 0 Å². The number of fused-ring (bicyclic) bond motifs is 1. The molecule has 1 N–H and O–H groups in total. The van der Waals surface area contributed by atoms with Crippen molar-refractivity contribution in [2.75, 3.05) is 0 Å². The lowest BCUT2D eigenvalue weighted by atomic mass is 9.95. The van der Waals surface area contributed by atoms with E-state index < -0.39 is 8.32 Å². The molecule has 0 aromatic carbocycles. The lowest BCUT2D eigenvalue weighted by Crippen LogP contribution is -2.45. The Morgan fingerprint density at radius 2 is 1.75 bits per heavy atom. The number of aliphatic hydroxyl groups is 1. The van der Waals surface area contributed by atoms with Crippen LogP contribution in [0.3, 0.4) is 0 Å². The van der Waals surface area contributed by atoms with Gasteiger partial charge in [0.1, 0.15) is 0 Å². The molecule has 16 heavy (non-hydrogen) atoms. The van der Waals surface area contributed by atoms with Gasteiger partial charge in [-0.15, -0.1) is 0 Å². The summed E-state index contributed by atoms with van der Waals surface area (Å²) in [5, 5.41) is 10.2. The van der Waals surface area contributed by atoms with Crippen molar-refractivity contribution in [3.63, 3.8) is 0 Å². The first kappa shape index (κ1) is 12.6. The Balaban J connectivity index is 1.94. The highest BCUT2D eigenvalue weighted by Crippen LogP contribution is 2.51. The largest absolute Gasteiger partial charge is 0.414 e. The van der Waals surface area contributed by atoms with Crippen molar-refractivity contribution in [2.24, 2.45) is 11.8 Å². The van der Waals surface area contributed by atoms with Gasteiger partial charge in [-0.2, -0.15) is 0 Å². The molecule has 4 atom stereocenters. The molecule has 2 nitrogen and oxygen atoms in total. The maximum Gasteiger partial charge on any atom is 0.192 e. The van der Waals surface area contributed by atoms with E-state index in [1.165, 1.54) is 12.8 Å². The van der Waals surface area contributed by atoms with E-state index >= 15 is 0 Å². The van der Waals surface area contributed by atoms with Crippen LogP contribution >= 0.6 is 0 Å². The van der Waals surface area contributed by atoms with E-state index in [-0.39, 0.29) is 11.1 Å². The van der Waals surface area contributed by atoms with Crippen molar-refractivity contribution >= 4 is 8.32 Å². The SMILES string of the molecule is CC(C)(C)[Si](C)(C)OC1C[C@H]2C[C@H]2[C@@H](O)C1. The fraction of sp³-hybridized carbons (Fsp3) is 1.00. The molecule has 2 rings (SSSR count). The molecule has 0 bridgehead atoms. The van der Waals surface area contributed by atoms with Gasteiger partial charge in [-0.1, -0.05) is 20.8 Å². The third-order valence-electron chi connectivity index (χ3n) is 4.81. The normalized spacial score (nSPS) is 39.4. The summed E-state index contributed by atoms with van der Waals surface area (Å²) in [4.78, 5) is 0. The molecule has 0 saturated heterocycles. The van der Waals surface area contributed by atoms with Gasteiger partial charge in [0.2, 0.25) is 0 Å². The van der Waals surface area contributed by atoms with Gasteiger partial charge in [-0.05, 0) is 49.2 Å². The molecular weight excluding hydrogens is 216 g/mol. The maximum absolute atomic E-state index is 9.92.